The van der Waals surface area contributed by atoms with Crippen LogP contribution < -0.4 is 5.32 Å². The minimum atomic E-state index is -1.18. The number of anilines is 1. The quantitative estimate of drug-likeness (QED) is 0.570. The number of hydrogen-bond acceptors (Lipinski definition) is 4. The van der Waals surface area contributed by atoms with Crippen molar-refractivity contribution >= 4 is 49.4 Å². The smallest absolute Gasteiger partial charge is 0.339 e. The fraction of sp³-hybridized carbons (Fsp3) is 0.450. The van der Waals surface area contributed by atoms with Crippen molar-refractivity contribution in [2.45, 2.75) is 44.7 Å². The summed E-state index contributed by atoms with van der Waals surface area (Å²) in [7, 11) is 3.70. The summed E-state index contributed by atoms with van der Waals surface area (Å²) < 4.78 is 2.95. The Hall–Kier alpha value is -1.71. The molecule has 1 aliphatic rings. The molecule has 1 aliphatic carbocycles. The molecule has 0 aliphatic heterocycles. The zero-order valence-corrected chi connectivity index (χ0v) is 19.6. The van der Waals surface area contributed by atoms with Crippen LogP contribution in [0.1, 0.15) is 58.5 Å². The van der Waals surface area contributed by atoms with Gasteiger partial charge in [0.25, 0.3) is 5.91 Å². The van der Waals surface area contributed by atoms with Crippen LogP contribution in [-0.4, -0.2) is 44.8 Å². The Morgan fingerprint density at radius 2 is 1.97 bits per heavy atom. The number of benzene rings is 1. The molecule has 3 rings (SSSR count). The number of halogens is 2. The summed E-state index contributed by atoms with van der Waals surface area (Å²) in [5.74, 6) is -1.73. The minimum Gasteiger partial charge on any atom is -0.478 e. The molecule has 7 nitrogen and oxygen atoms in total. The normalized spacial score (nSPS) is 14.9. The van der Waals surface area contributed by atoms with Crippen molar-refractivity contribution in [3.05, 3.63) is 44.1 Å². The molecule has 0 unspecified atom stereocenters. The van der Waals surface area contributed by atoms with Crippen LogP contribution in [0.2, 0.25) is 0 Å². The highest BCUT2D eigenvalue weighted by Crippen LogP contribution is 2.33. The lowest BCUT2D eigenvalue weighted by Crippen LogP contribution is -2.33. The summed E-state index contributed by atoms with van der Waals surface area (Å²) in [6.45, 7) is 0.673. The third-order valence-corrected chi connectivity index (χ3v) is 6.35. The van der Waals surface area contributed by atoms with E-state index in [1.807, 2.05) is 12.1 Å². The van der Waals surface area contributed by atoms with Crippen molar-refractivity contribution in [2.24, 2.45) is 7.05 Å². The first-order valence-electron chi connectivity index (χ1n) is 9.52. The molecule has 2 N–H and O–H groups in total. The number of carboxylic acid groups (broad SMARTS) is 1. The van der Waals surface area contributed by atoms with E-state index in [2.05, 4.69) is 54.2 Å². The van der Waals surface area contributed by atoms with Gasteiger partial charge in [0.2, 0.25) is 0 Å². The molecular weight excluding hydrogens is 504 g/mol. The van der Waals surface area contributed by atoms with Gasteiger partial charge in [-0.3, -0.25) is 14.4 Å². The topological polar surface area (TPSA) is 87.5 Å². The number of aromatic nitrogens is 2. The van der Waals surface area contributed by atoms with Gasteiger partial charge < -0.3 is 10.4 Å². The van der Waals surface area contributed by atoms with Crippen LogP contribution in [0.5, 0.6) is 0 Å². The molecule has 2 aromatic rings. The molecule has 0 radical (unpaired) electrons. The molecule has 0 atom stereocenters. The van der Waals surface area contributed by atoms with Gasteiger partial charge in [-0.1, -0.05) is 35.2 Å². The number of rotatable bonds is 6. The average molecular weight is 528 g/mol. The third-order valence-electron chi connectivity index (χ3n) is 5.27. The lowest BCUT2D eigenvalue weighted by molar-refractivity contribution is 0.0692. The predicted octanol–water partition coefficient (Wildman–Crippen LogP) is 4.66. The first-order chi connectivity index (χ1) is 13.8. The maximum atomic E-state index is 12.8. The lowest BCUT2D eigenvalue weighted by Gasteiger charge is -2.31. The van der Waals surface area contributed by atoms with Crippen molar-refractivity contribution < 1.29 is 14.7 Å². The fourth-order valence-electron chi connectivity index (χ4n) is 3.80. The number of carbonyl (C=O) groups is 2. The number of nitrogens with zero attached hydrogens (tertiary/aromatic N) is 3. The number of aromatic carboxylic acids is 1. The molecule has 0 spiro atoms. The molecule has 0 bridgehead atoms. The summed E-state index contributed by atoms with van der Waals surface area (Å²) in [6, 6.07) is 4.37. The van der Waals surface area contributed by atoms with Crippen molar-refractivity contribution in [3.63, 3.8) is 0 Å². The van der Waals surface area contributed by atoms with Crippen molar-refractivity contribution in [3.8, 4) is 0 Å². The monoisotopic (exact) mass is 526 g/mol. The largest absolute Gasteiger partial charge is 0.478 e. The Morgan fingerprint density at radius 3 is 2.62 bits per heavy atom. The van der Waals surface area contributed by atoms with Crippen molar-refractivity contribution in [2.75, 3.05) is 12.4 Å². The molecule has 0 saturated heterocycles. The number of carbonyl (C=O) groups excluding carboxylic acids is 1. The van der Waals surface area contributed by atoms with Gasteiger partial charge >= 0.3 is 5.97 Å². The zero-order valence-electron chi connectivity index (χ0n) is 16.4. The van der Waals surface area contributed by atoms with Gasteiger partial charge in [0.1, 0.15) is 5.56 Å². The molecule has 1 saturated carbocycles. The van der Waals surface area contributed by atoms with Crippen LogP contribution in [0.25, 0.3) is 0 Å². The molecule has 1 heterocycles. The SMILES string of the molecule is CN(Cc1cc(Br)cc(Br)c1NC(=O)c1nn(C)cc1C(=O)O)C1CCCCC1. The summed E-state index contributed by atoms with van der Waals surface area (Å²) in [5.41, 5.74) is 1.34. The maximum Gasteiger partial charge on any atom is 0.339 e. The molecule has 1 fully saturated rings. The molecule has 9 heteroatoms. The Bertz CT molecular complexity index is 923. The van der Waals surface area contributed by atoms with Gasteiger partial charge in [0, 0.05) is 34.8 Å². The average Bonchev–Trinajstić information content (AvgIpc) is 3.07. The van der Waals surface area contributed by atoms with Crippen LogP contribution in [0.4, 0.5) is 5.69 Å². The first kappa shape index (κ1) is 22.0. The molecule has 156 valence electrons. The number of hydrogen-bond donors (Lipinski definition) is 2. The zero-order chi connectivity index (χ0) is 21.1. The van der Waals surface area contributed by atoms with E-state index in [1.165, 1.54) is 43.0 Å². The van der Waals surface area contributed by atoms with E-state index in [1.54, 1.807) is 7.05 Å². The highest BCUT2D eigenvalue weighted by molar-refractivity contribution is 9.11. The van der Waals surface area contributed by atoms with E-state index in [0.29, 0.717) is 18.3 Å². The first-order valence-corrected chi connectivity index (χ1v) is 11.1. The van der Waals surface area contributed by atoms with Crippen LogP contribution in [0.3, 0.4) is 0 Å². The summed E-state index contributed by atoms with van der Waals surface area (Å²) in [6.07, 6.45) is 7.49. The van der Waals surface area contributed by atoms with E-state index >= 15 is 0 Å². The Labute approximate surface area is 186 Å². The number of nitrogens with one attached hydrogen (secondary N) is 1. The van der Waals surface area contributed by atoms with Crippen LogP contribution >= 0.6 is 31.9 Å². The van der Waals surface area contributed by atoms with Crippen LogP contribution in [0.15, 0.2) is 27.3 Å². The third kappa shape index (κ3) is 5.26. The Morgan fingerprint density at radius 1 is 1.28 bits per heavy atom. The van der Waals surface area contributed by atoms with Crippen molar-refractivity contribution in [1.29, 1.82) is 0 Å². The van der Waals surface area contributed by atoms with Gasteiger partial charge in [-0.15, -0.1) is 0 Å². The number of amides is 1. The van der Waals surface area contributed by atoms with Crippen LogP contribution in [-0.2, 0) is 13.6 Å². The summed E-state index contributed by atoms with van der Waals surface area (Å²) in [5, 5.41) is 16.2. The summed E-state index contributed by atoms with van der Waals surface area (Å²) in [4.78, 5) is 26.6. The second-order valence-electron chi connectivity index (χ2n) is 7.45. The van der Waals surface area contributed by atoms with Gasteiger partial charge in [-0.25, -0.2) is 4.79 Å². The highest BCUT2D eigenvalue weighted by Gasteiger charge is 2.24. The Kier molecular flexibility index (Phi) is 7.13. The number of carboxylic acids is 1. The van der Waals surface area contributed by atoms with E-state index in [-0.39, 0.29) is 11.3 Å². The predicted molar refractivity (Wildman–Crippen MR) is 118 cm³/mol. The molecule has 1 aromatic heterocycles. The van der Waals surface area contributed by atoms with Gasteiger partial charge in [-0.2, -0.15) is 5.10 Å². The minimum absolute atomic E-state index is 0.110. The van der Waals surface area contributed by atoms with E-state index in [0.717, 1.165) is 14.5 Å². The number of aryl methyl sites for hydroxylation is 1. The van der Waals surface area contributed by atoms with Gasteiger partial charge in [-0.05, 0) is 53.5 Å². The maximum absolute atomic E-state index is 12.8. The lowest BCUT2D eigenvalue weighted by atomic mass is 9.94. The van der Waals surface area contributed by atoms with Gasteiger partial charge in [0.05, 0.1) is 5.69 Å². The molecule has 1 aromatic carbocycles. The standard InChI is InChI=1S/C20H24Br2N4O3/c1-25(14-6-4-3-5-7-14)10-12-8-13(21)9-16(22)17(12)23-19(27)18-15(20(28)29)11-26(2)24-18/h8-9,11,14H,3-7,10H2,1-2H3,(H,23,27)(H,28,29). The van der Waals surface area contributed by atoms with E-state index in [4.69, 9.17) is 0 Å². The van der Waals surface area contributed by atoms with Crippen molar-refractivity contribution in [1.82, 2.24) is 14.7 Å². The molecule has 1 amide bonds. The van der Waals surface area contributed by atoms with E-state index in [9.17, 15) is 14.7 Å². The van der Waals surface area contributed by atoms with Crippen LogP contribution in [0, 0.1) is 0 Å². The fourth-order valence-corrected chi connectivity index (χ4v) is 5.21. The Balaban J connectivity index is 1.87. The van der Waals surface area contributed by atoms with Gasteiger partial charge in [0.15, 0.2) is 5.69 Å². The molecular formula is C20H24Br2N4O3. The highest BCUT2D eigenvalue weighted by atomic mass is 79.9. The summed E-state index contributed by atoms with van der Waals surface area (Å²) >= 11 is 7.06. The van der Waals surface area contributed by atoms with E-state index < -0.39 is 11.9 Å². The second-order valence-corrected chi connectivity index (χ2v) is 9.22. The second kappa shape index (κ2) is 9.40. The molecule has 29 heavy (non-hydrogen) atoms.